The fraction of sp³-hybridized carbons (Fsp3) is 0.600. The van der Waals surface area contributed by atoms with Gasteiger partial charge in [0.1, 0.15) is 6.61 Å². The van der Waals surface area contributed by atoms with Crippen molar-refractivity contribution in [1.82, 2.24) is 10.3 Å². The van der Waals surface area contributed by atoms with E-state index in [1.807, 2.05) is 20.8 Å². The van der Waals surface area contributed by atoms with Crippen molar-refractivity contribution >= 4 is 5.91 Å². The Kier molecular flexibility index (Phi) is 5.96. The molecule has 0 fully saturated rings. The molecule has 21 heavy (non-hydrogen) atoms. The zero-order valence-corrected chi connectivity index (χ0v) is 13.3. The summed E-state index contributed by atoms with van der Waals surface area (Å²) >= 11 is 0. The molecular formula is C15H24N2O4. The lowest BCUT2D eigenvalue weighted by Gasteiger charge is -2.18. The van der Waals surface area contributed by atoms with Crippen molar-refractivity contribution in [2.24, 2.45) is 5.41 Å². The Bertz CT molecular complexity index is 544. The molecule has 1 aromatic heterocycles. The van der Waals surface area contributed by atoms with Gasteiger partial charge in [-0.2, -0.15) is 0 Å². The standard InChI is InChI=1S/C15H24N2O4/c1-10-8-12(18)11(9-16-14(19)15(2,3)4)13(17-10)21-7-6-20-5/h8H,6-7,9H2,1-5H3,(H,16,19)(H,17,18). The normalized spacial score (nSPS) is 11.3. The Hall–Kier alpha value is -1.82. The van der Waals surface area contributed by atoms with Gasteiger partial charge < -0.3 is 19.8 Å². The minimum absolute atomic E-state index is 0.120. The van der Waals surface area contributed by atoms with Crippen molar-refractivity contribution in [2.75, 3.05) is 20.3 Å². The maximum absolute atomic E-state index is 12.1. The number of hydrogen-bond acceptors (Lipinski definition) is 4. The number of carbonyl (C=O) groups excluding carboxylic acids is 1. The van der Waals surface area contributed by atoms with E-state index in [1.165, 1.54) is 6.07 Å². The molecule has 1 rings (SSSR count). The number of aryl methyl sites for hydroxylation is 1. The van der Waals surface area contributed by atoms with Gasteiger partial charge in [-0.3, -0.25) is 9.59 Å². The minimum atomic E-state index is -0.505. The Labute approximate surface area is 124 Å². The highest BCUT2D eigenvalue weighted by Crippen LogP contribution is 2.15. The molecule has 6 nitrogen and oxygen atoms in total. The van der Waals surface area contributed by atoms with Crippen LogP contribution in [0.3, 0.4) is 0 Å². The molecule has 1 aromatic rings. The van der Waals surface area contributed by atoms with Crippen LogP contribution in [0.5, 0.6) is 5.88 Å². The maximum Gasteiger partial charge on any atom is 0.225 e. The van der Waals surface area contributed by atoms with Crippen LogP contribution in [0, 0.1) is 12.3 Å². The Morgan fingerprint density at radius 2 is 2.00 bits per heavy atom. The number of rotatable bonds is 6. The second kappa shape index (κ2) is 7.26. The third-order valence-corrected chi connectivity index (χ3v) is 2.87. The quantitative estimate of drug-likeness (QED) is 0.777. The van der Waals surface area contributed by atoms with Crippen molar-refractivity contribution in [3.8, 4) is 5.88 Å². The van der Waals surface area contributed by atoms with E-state index < -0.39 is 5.41 Å². The van der Waals surface area contributed by atoms with Crippen molar-refractivity contribution in [2.45, 2.75) is 34.2 Å². The molecule has 0 aliphatic heterocycles. The lowest BCUT2D eigenvalue weighted by atomic mass is 9.95. The molecule has 2 N–H and O–H groups in total. The van der Waals surface area contributed by atoms with Crippen LogP contribution < -0.4 is 15.5 Å². The summed E-state index contributed by atoms with van der Waals surface area (Å²) in [5.74, 6) is 0.261. The third kappa shape index (κ3) is 5.23. The van der Waals surface area contributed by atoms with Gasteiger partial charge in [0, 0.05) is 24.3 Å². The first kappa shape index (κ1) is 17.2. The Morgan fingerprint density at radius 3 is 2.57 bits per heavy atom. The molecule has 0 atom stereocenters. The molecule has 0 aliphatic rings. The zero-order valence-electron chi connectivity index (χ0n) is 13.3. The van der Waals surface area contributed by atoms with Crippen LogP contribution in [-0.2, 0) is 16.1 Å². The molecule has 6 heteroatoms. The highest BCUT2D eigenvalue weighted by atomic mass is 16.5. The highest BCUT2D eigenvalue weighted by Gasteiger charge is 2.21. The zero-order chi connectivity index (χ0) is 16.0. The number of carbonyl (C=O) groups is 1. The van der Waals surface area contributed by atoms with Gasteiger partial charge in [0.15, 0.2) is 11.3 Å². The summed E-state index contributed by atoms with van der Waals surface area (Å²) in [7, 11) is 1.58. The van der Waals surface area contributed by atoms with Gasteiger partial charge in [-0.15, -0.1) is 0 Å². The van der Waals surface area contributed by atoms with E-state index in [-0.39, 0.29) is 17.9 Å². The SMILES string of the molecule is COCCOc1[nH]c(C)cc(=O)c1CNC(=O)C(C)(C)C. The molecule has 0 aromatic carbocycles. The summed E-state index contributed by atoms with van der Waals surface area (Å²) in [6.45, 7) is 8.11. The molecule has 0 unspecified atom stereocenters. The summed E-state index contributed by atoms with van der Waals surface area (Å²) in [5.41, 5.74) is 0.453. The van der Waals surface area contributed by atoms with Crippen LogP contribution >= 0.6 is 0 Å². The minimum Gasteiger partial charge on any atom is -0.476 e. The Morgan fingerprint density at radius 1 is 1.33 bits per heavy atom. The van der Waals surface area contributed by atoms with E-state index in [0.717, 1.165) is 0 Å². The van der Waals surface area contributed by atoms with Gasteiger partial charge in [0.05, 0.1) is 18.7 Å². The molecule has 0 aliphatic carbocycles. The van der Waals surface area contributed by atoms with Gasteiger partial charge in [-0.1, -0.05) is 20.8 Å². The van der Waals surface area contributed by atoms with E-state index in [0.29, 0.717) is 30.4 Å². The smallest absolute Gasteiger partial charge is 0.225 e. The van der Waals surface area contributed by atoms with E-state index in [9.17, 15) is 9.59 Å². The summed E-state index contributed by atoms with van der Waals surface area (Å²) in [6.07, 6.45) is 0. The number of ether oxygens (including phenoxy) is 2. The average molecular weight is 296 g/mol. The Balaban J connectivity index is 2.89. The first-order valence-corrected chi connectivity index (χ1v) is 6.88. The number of aromatic amines is 1. The molecule has 1 heterocycles. The molecule has 0 radical (unpaired) electrons. The van der Waals surface area contributed by atoms with Gasteiger partial charge in [0.2, 0.25) is 5.91 Å². The predicted molar refractivity (Wildman–Crippen MR) is 80.5 cm³/mol. The van der Waals surface area contributed by atoms with Crippen LogP contribution in [0.2, 0.25) is 0 Å². The second-order valence-electron chi connectivity index (χ2n) is 5.90. The maximum atomic E-state index is 12.1. The van der Waals surface area contributed by atoms with Crippen molar-refractivity contribution in [3.63, 3.8) is 0 Å². The number of H-pyrrole nitrogens is 1. The fourth-order valence-corrected chi connectivity index (χ4v) is 1.64. The number of aromatic nitrogens is 1. The van der Waals surface area contributed by atoms with Crippen molar-refractivity contribution in [3.05, 3.63) is 27.5 Å². The second-order valence-corrected chi connectivity index (χ2v) is 5.90. The van der Waals surface area contributed by atoms with E-state index in [2.05, 4.69) is 10.3 Å². The third-order valence-electron chi connectivity index (χ3n) is 2.87. The average Bonchev–Trinajstić information content (AvgIpc) is 2.36. The van der Waals surface area contributed by atoms with Crippen LogP contribution in [0.15, 0.2) is 10.9 Å². The van der Waals surface area contributed by atoms with Gasteiger partial charge >= 0.3 is 0 Å². The topological polar surface area (TPSA) is 80.4 Å². The van der Waals surface area contributed by atoms with Crippen LogP contribution in [-0.4, -0.2) is 31.2 Å². The molecular weight excluding hydrogens is 272 g/mol. The van der Waals surface area contributed by atoms with Crippen molar-refractivity contribution < 1.29 is 14.3 Å². The first-order chi connectivity index (χ1) is 9.75. The summed E-state index contributed by atoms with van der Waals surface area (Å²) < 4.78 is 10.4. The summed E-state index contributed by atoms with van der Waals surface area (Å²) in [6, 6.07) is 1.49. The summed E-state index contributed by atoms with van der Waals surface area (Å²) in [4.78, 5) is 27.0. The molecule has 0 saturated carbocycles. The van der Waals surface area contributed by atoms with Crippen molar-refractivity contribution in [1.29, 1.82) is 0 Å². The van der Waals surface area contributed by atoms with E-state index in [1.54, 1.807) is 14.0 Å². The molecule has 0 spiro atoms. The number of methoxy groups -OCH3 is 1. The molecule has 0 saturated heterocycles. The number of pyridine rings is 1. The van der Waals surface area contributed by atoms with Gasteiger partial charge in [0.25, 0.3) is 0 Å². The lowest BCUT2D eigenvalue weighted by Crippen LogP contribution is -2.35. The van der Waals surface area contributed by atoms with Gasteiger partial charge in [-0.05, 0) is 6.92 Å². The van der Waals surface area contributed by atoms with E-state index >= 15 is 0 Å². The monoisotopic (exact) mass is 296 g/mol. The van der Waals surface area contributed by atoms with E-state index in [4.69, 9.17) is 9.47 Å². The lowest BCUT2D eigenvalue weighted by molar-refractivity contribution is -0.128. The van der Waals surface area contributed by atoms with Crippen LogP contribution in [0.4, 0.5) is 0 Å². The first-order valence-electron chi connectivity index (χ1n) is 6.88. The van der Waals surface area contributed by atoms with Crippen LogP contribution in [0.1, 0.15) is 32.0 Å². The summed E-state index contributed by atoms with van der Waals surface area (Å²) in [5, 5.41) is 2.76. The van der Waals surface area contributed by atoms with Gasteiger partial charge in [-0.25, -0.2) is 0 Å². The largest absolute Gasteiger partial charge is 0.476 e. The number of amides is 1. The molecule has 1 amide bonds. The number of hydrogen-bond donors (Lipinski definition) is 2. The fourth-order valence-electron chi connectivity index (χ4n) is 1.64. The molecule has 0 bridgehead atoms. The molecule has 118 valence electrons. The van der Waals surface area contributed by atoms with Crippen LogP contribution in [0.25, 0.3) is 0 Å². The predicted octanol–water partition coefficient (Wildman–Crippen LogP) is 1.37. The number of nitrogens with one attached hydrogen (secondary N) is 2. The highest BCUT2D eigenvalue weighted by molar-refractivity contribution is 5.81.